The molecule has 0 bridgehead atoms. The summed E-state index contributed by atoms with van der Waals surface area (Å²) < 4.78 is 0. The fourth-order valence-electron chi connectivity index (χ4n) is 0. The Hall–Kier alpha value is 3.40. The second-order valence-corrected chi connectivity index (χ2v) is 29.6. The molecule has 0 aliphatic carbocycles. The first kappa shape index (κ1) is 24.6. The molecule has 0 spiro atoms. The molecule has 6 heteroatoms. The van der Waals surface area contributed by atoms with E-state index in [0.29, 0.717) is 0 Å². The number of halogens is 4. The molecule has 90 valence electrons. The molecule has 0 heterocycles. The van der Waals surface area contributed by atoms with Crippen LogP contribution in [0.1, 0.15) is 26.7 Å². The minimum absolute atomic E-state index is 0.766. The Morgan fingerprint density at radius 3 is 1.00 bits per heavy atom. The topological polar surface area (TPSA) is 0 Å². The minimum Gasteiger partial charge on any atom is -0.344 e. The molecule has 0 N–H and O–H groups in total. The summed E-state index contributed by atoms with van der Waals surface area (Å²) in [6, 6.07) is 0. The van der Waals surface area contributed by atoms with Crippen LogP contribution in [0, 0.1) is 13.8 Å². The summed E-state index contributed by atoms with van der Waals surface area (Å²) in [4.78, 5) is 0. The second-order valence-electron chi connectivity index (χ2n) is 1.13. The molecular formula is C6H14Au2Br4-2. The van der Waals surface area contributed by atoms with Crippen LogP contribution < -0.4 is 0 Å². The minimum atomic E-state index is -0.766. The van der Waals surface area contributed by atoms with E-state index < -0.39 is 12.0 Å². The van der Waals surface area contributed by atoms with Crippen molar-refractivity contribution in [2.75, 3.05) is 0 Å². The largest absolute Gasteiger partial charge is 0.344 e. The summed E-state index contributed by atoms with van der Waals surface area (Å²) in [5.41, 5.74) is 0. The van der Waals surface area contributed by atoms with Crippen LogP contribution in [0.15, 0.2) is 0 Å². The van der Waals surface area contributed by atoms with Gasteiger partial charge in [0.25, 0.3) is 0 Å². The number of rotatable bonds is 0. The fourth-order valence-corrected chi connectivity index (χ4v) is 0. The molecule has 0 aromatic carbocycles. The van der Waals surface area contributed by atoms with Crippen molar-refractivity contribution in [3.05, 3.63) is 13.8 Å². The van der Waals surface area contributed by atoms with Gasteiger partial charge in [-0.3, -0.25) is 0 Å². The maximum Gasteiger partial charge on any atom is -0.0927 e. The van der Waals surface area contributed by atoms with Crippen LogP contribution in [-0.2, 0) is 31.0 Å². The van der Waals surface area contributed by atoms with Gasteiger partial charge in [-0.15, -0.1) is 0 Å². The van der Waals surface area contributed by atoms with Crippen LogP contribution in [0.2, 0.25) is 0 Å². The van der Waals surface area contributed by atoms with Gasteiger partial charge in [-0.2, -0.15) is 12.8 Å². The van der Waals surface area contributed by atoms with Crippen molar-refractivity contribution in [2.45, 2.75) is 26.7 Å². The van der Waals surface area contributed by atoms with Crippen molar-refractivity contribution in [3.63, 3.8) is 0 Å². The Kier molecular flexibility index (Phi) is 75.0. The predicted octanol–water partition coefficient (Wildman–Crippen LogP) is 5.84. The SMILES string of the molecule is [Br][Au].[Br][Au]([Br])[Br].[CH2-]CC.[CH2-]CC. The van der Waals surface area contributed by atoms with Gasteiger partial charge in [-0.1, -0.05) is 13.8 Å². The Balaban J connectivity index is -0.0000000368. The van der Waals surface area contributed by atoms with Crippen LogP contribution in [0.5, 0.6) is 0 Å². The van der Waals surface area contributed by atoms with Gasteiger partial charge < -0.3 is 13.8 Å². The van der Waals surface area contributed by atoms with Gasteiger partial charge in [0.15, 0.2) is 0 Å². The molecule has 0 aliphatic heterocycles. The molecule has 0 aliphatic rings. The van der Waals surface area contributed by atoms with Gasteiger partial charge in [0.05, 0.1) is 0 Å². The first-order chi connectivity index (χ1) is 5.56. The molecular weight excluding hydrogens is 786 g/mol. The van der Waals surface area contributed by atoms with E-state index in [9.17, 15) is 0 Å². The van der Waals surface area contributed by atoms with E-state index in [2.05, 4.69) is 84.9 Å². The maximum absolute atomic E-state index is 3.49. The monoisotopic (exact) mass is 796 g/mol. The quantitative estimate of drug-likeness (QED) is 0.214. The molecule has 0 saturated heterocycles. The summed E-state index contributed by atoms with van der Waals surface area (Å²) >= 11 is 14.0. The van der Waals surface area contributed by atoms with Gasteiger partial charge in [0.1, 0.15) is 0 Å². The molecule has 0 aromatic rings. The second kappa shape index (κ2) is 36.6. The van der Waals surface area contributed by atoms with Crippen molar-refractivity contribution in [1.29, 1.82) is 0 Å². The van der Waals surface area contributed by atoms with E-state index in [4.69, 9.17) is 0 Å². The van der Waals surface area contributed by atoms with Crippen molar-refractivity contribution < 1.29 is 31.0 Å². The van der Waals surface area contributed by atoms with Crippen molar-refractivity contribution in [1.82, 2.24) is 0 Å². The fraction of sp³-hybridized carbons (Fsp3) is 0.667. The first-order valence-electron chi connectivity index (χ1n) is 2.87. The average molecular weight is 800 g/mol. The van der Waals surface area contributed by atoms with Crippen LogP contribution in [0.3, 0.4) is 0 Å². The zero-order valence-electron chi connectivity index (χ0n) is 6.94. The third-order valence-corrected chi connectivity index (χ3v) is 0. The van der Waals surface area contributed by atoms with Gasteiger partial charge in [-0.25, -0.2) is 0 Å². The zero-order chi connectivity index (χ0) is 11.0. The van der Waals surface area contributed by atoms with Crippen LogP contribution >= 0.6 is 52.1 Å². The van der Waals surface area contributed by atoms with Crippen molar-refractivity contribution >= 4 is 52.1 Å². The Bertz CT molecular complexity index is 34.0. The van der Waals surface area contributed by atoms with E-state index in [1.54, 1.807) is 0 Å². The van der Waals surface area contributed by atoms with Gasteiger partial charge in [0, 0.05) is 0 Å². The Morgan fingerprint density at radius 2 is 1.00 bits per heavy atom. The maximum atomic E-state index is 3.49. The van der Waals surface area contributed by atoms with E-state index in [0.717, 1.165) is 12.8 Å². The third kappa shape index (κ3) is 178. The van der Waals surface area contributed by atoms with Gasteiger partial charge in [0.2, 0.25) is 0 Å². The zero-order valence-corrected chi connectivity index (χ0v) is 17.6. The number of hydrogen-bond acceptors (Lipinski definition) is 0. The predicted molar refractivity (Wildman–Crippen MR) is 67.0 cm³/mol. The standard InChI is InChI=1S/2C3H7.2Au.4BrH/c2*1-3-2;;;;;;/h2*1,3H2,2H3;;;4*1H/q2*-1;+1;+3;;;;/p-4. The molecule has 0 fully saturated rings. The van der Waals surface area contributed by atoms with Crippen molar-refractivity contribution in [3.8, 4) is 0 Å². The van der Waals surface area contributed by atoms with E-state index in [-0.39, 0.29) is 0 Å². The molecule has 0 nitrogen and oxygen atoms in total. The third-order valence-electron chi connectivity index (χ3n) is 0. The molecule has 0 amide bonds. The molecule has 0 saturated carbocycles. The van der Waals surface area contributed by atoms with Crippen LogP contribution in [0.4, 0.5) is 0 Å². The van der Waals surface area contributed by atoms with E-state index in [1.807, 2.05) is 13.8 Å². The summed E-state index contributed by atoms with van der Waals surface area (Å²) in [6.45, 7) is 11.0. The molecule has 0 atom stereocenters. The first-order valence-corrected chi connectivity index (χ1v) is 21.8. The Labute approximate surface area is 121 Å². The molecule has 0 radical (unpaired) electrons. The van der Waals surface area contributed by atoms with E-state index >= 15 is 0 Å². The Morgan fingerprint density at radius 1 is 1.00 bits per heavy atom. The van der Waals surface area contributed by atoms with E-state index in [1.165, 1.54) is 0 Å². The van der Waals surface area contributed by atoms with Gasteiger partial charge in [-0.05, 0) is 0 Å². The van der Waals surface area contributed by atoms with Gasteiger partial charge >= 0.3 is 83.1 Å². The summed E-state index contributed by atoms with van der Waals surface area (Å²) in [6.07, 6.45) is 2.00. The molecule has 0 aromatic heterocycles. The van der Waals surface area contributed by atoms with Crippen LogP contribution in [0.25, 0.3) is 0 Å². The van der Waals surface area contributed by atoms with Crippen molar-refractivity contribution in [2.24, 2.45) is 0 Å². The average Bonchev–Trinajstić information content (AvgIpc) is 1.92. The smallest absolute Gasteiger partial charge is 0.0927 e. The van der Waals surface area contributed by atoms with Crippen LogP contribution in [-0.4, -0.2) is 0 Å². The molecule has 0 rings (SSSR count). The molecule has 12 heavy (non-hydrogen) atoms. The summed E-state index contributed by atoms with van der Waals surface area (Å²) in [5.74, 6) is 0. The summed E-state index contributed by atoms with van der Waals surface area (Å²) in [5, 5.41) is 0. The normalized spacial score (nSPS) is 7.33. The number of hydrogen-bond donors (Lipinski definition) is 0. The summed E-state index contributed by atoms with van der Waals surface area (Å²) in [7, 11) is 0. The molecule has 0 unspecified atom stereocenters.